The van der Waals surface area contributed by atoms with Gasteiger partial charge in [-0.25, -0.2) is 4.98 Å². The predicted octanol–water partition coefficient (Wildman–Crippen LogP) is 1.71. The zero-order valence-corrected chi connectivity index (χ0v) is 9.87. The third-order valence-corrected chi connectivity index (χ3v) is 3.18. The Balaban J connectivity index is 2.15. The molecule has 1 aromatic heterocycles. The van der Waals surface area contributed by atoms with E-state index in [9.17, 15) is 4.79 Å². The zero-order valence-electron chi connectivity index (χ0n) is 9.11. The molecule has 0 spiro atoms. The van der Waals surface area contributed by atoms with Gasteiger partial charge in [-0.15, -0.1) is 11.6 Å². The summed E-state index contributed by atoms with van der Waals surface area (Å²) in [5.41, 5.74) is 0.844. The van der Waals surface area contributed by atoms with Crippen molar-refractivity contribution in [2.24, 2.45) is 5.92 Å². The van der Waals surface area contributed by atoms with Crippen LogP contribution in [0.25, 0.3) is 0 Å². The normalized spacial score (nSPS) is 20.2. The predicted molar refractivity (Wildman–Crippen MR) is 65.0 cm³/mol. The highest BCUT2D eigenvalue weighted by molar-refractivity contribution is 6.18. The molecular formula is C11H14ClN3O. The van der Waals surface area contributed by atoms with Crippen molar-refractivity contribution in [3.63, 3.8) is 0 Å². The van der Waals surface area contributed by atoms with Crippen molar-refractivity contribution in [3.05, 3.63) is 18.3 Å². The van der Waals surface area contributed by atoms with Gasteiger partial charge in [-0.2, -0.15) is 0 Å². The van der Waals surface area contributed by atoms with Gasteiger partial charge in [0.25, 0.3) is 0 Å². The minimum Gasteiger partial charge on any atom is -0.373 e. The molecule has 1 fully saturated rings. The Morgan fingerprint density at radius 3 is 2.94 bits per heavy atom. The van der Waals surface area contributed by atoms with Crippen molar-refractivity contribution in [2.45, 2.75) is 6.42 Å². The Labute approximate surface area is 99.6 Å². The van der Waals surface area contributed by atoms with Crippen LogP contribution in [0.5, 0.6) is 0 Å². The lowest BCUT2D eigenvalue weighted by Gasteiger charge is -2.16. The average Bonchev–Trinajstić information content (AvgIpc) is 2.71. The molecule has 86 valence electrons. The van der Waals surface area contributed by atoms with Crippen molar-refractivity contribution in [3.8, 4) is 0 Å². The molecule has 1 amide bonds. The summed E-state index contributed by atoms with van der Waals surface area (Å²) in [4.78, 5) is 17.7. The fourth-order valence-corrected chi connectivity index (χ4v) is 2.03. The molecule has 0 aliphatic carbocycles. The number of hydrogen-bond acceptors (Lipinski definition) is 3. The van der Waals surface area contributed by atoms with Crippen LogP contribution in [0.4, 0.5) is 11.5 Å². The molecule has 2 heterocycles. The molecule has 5 heteroatoms. The maximum absolute atomic E-state index is 11.7. The van der Waals surface area contributed by atoms with Crippen LogP contribution in [0, 0.1) is 5.92 Å². The number of rotatable bonds is 3. The molecule has 1 aliphatic rings. The lowest BCUT2D eigenvalue weighted by molar-refractivity contribution is -0.117. The van der Waals surface area contributed by atoms with Crippen LogP contribution >= 0.6 is 11.6 Å². The molecule has 1 unspecified atom stereocenters. The van der Waals surface area contributed by atoms with Gasteiger partial charge in [0.05, 0.1) is 11.9 Å². The van der Waals surface area contributed by atoms with Crippen molar-refractivity contribution in [1.29, 1.82) is 0 Å². The van der Waals surface area contributed by atoms with Crippen LogP contribution in [-0.4, -0.2) is 30.4 Å². The number of hydrogen-bond donors (Lipinski definition) is 1. The molecule has 0 saturated carbocycles. The summed E-state index contributed by atoms with van der Waals surface area (Å²) in [6.07, 6.45) is 2.25. The number of anilines is 2. The quantitative estimate of drug-likeness (QED) is 0.817. The standard InChI is InChI=1S/C11H14ClN3O/c1-13-10-3-2-9(6-14-10)15-7-8(5-12)4-11(15)16/h2-3,6,8H,4-5,7H2,1H3,(H,13,14). The molecule has 0 aromatic carbocycles. The van der Waals surface area contributed by atoms with Crippen molar-refractivity contribution in [1.82, 2.24) is 4.98 Å². The van der Waals surface area contributed by atoms with Crippen LogP contribution in [0.2, 0.25) is 0 Å². The summed E-state index contributed by atoms with van der Waals surface area (Å²) in [6.45, 7) is 0.697. The van der Waals surface area contributed by atoms with Crippen LogP contribution in [0.3, 0.4) is 0 Å². The van der Waals surface area contributed by atoms with Gasteiger partial charge in [0.2, 0.25) is 5.91 Å². The van der Waals surface area contributed by atoms with Crippen LogP contribution < -0.4 is 10.2 Å². The van der Waals surface area contributed by atoms with E-state index >= 15 is 0 Å². The molecule has 4 nitrogen and oxygen atoms in total. The monoisotopic (exact) mass is 239 g/mol. The second-order valence-corrected chi connectivity index (χ2v) is 4.19. The molecule has 1 saturated heterocycles. The van der Waals surface area contributed by atoms with Crippen LogP contribution in [0.15, 0.2) is 18.3 Å². The minimum absolute atomic E-state index is 0.129. The van der Waals surface area contributed by atoms with Crippen molar-refractivity contribution >= 4 is 29.0 Å². The first-order chi connectivity index (χ1) is 7.74. The van der Waals surface area contributed by atoms with Gasteiger partial charge in [-0.3, -0.25) is 4.79 Å². The first kappa shape index (κ1) is 11.2. The fraction of sp³-hybridized carbons (Fsp3) is 0.455. The number of pyridine rings is 1. The van der Waals surface area contributed by atoms with Gasteiger partial charge in [0.1, 0.15) is 5.82 Å². The van der Waals surface area contributed by atoms with Crippen LogP contribution in [0.1, 0.15) is 6.42 Å². The Morgan fingerprint density at radius 2 is 2.44 bits per heavy atom. The van der Waals surface area contributed by atoms with Crippen molar-refractivity contribution in [2.75, 3.05) is 29.7 Å². The highest BCUT2D eigenvalue weighted by Gasteiger charge is 2.29. The van der Waals surface area contributed by atoms with E-state index in [-0.39, 0.29) is 11.8 Å². The topological polar surface area (TPSA) is 45.2 Å². The summed E-state index contributed by atoms with van der Waals surface area (Å²) < 4.78 is 0. The molecule has 1 aliphatic heterocycles. The minimum atomic E-state index is 0.129. The van der Waals surface area contributed by atoms with Gasteiger partial charge in [-0.05, 0) is 18.1 Å². The summed E-state index contributed by atoms with van der Waals surface area (Å²) in [6, 6.07) is 3.75. The Bertz CT molecular complexity index is 379. The summed E-state index contributed by atoms with van der Waals surface area (Å²) in [7, 11) is 1.81. The van der Waals surface area contributed by atoms with E-state index in [1.165, 1.54) is 0 Å². The molecule has 2 rings (SSSR count). The van der Waals surface area contributed by atoms with Gasteiger partial charge in [0.15, 0.2) is 0 Å². The maximum atomic E-state index is 11.7. The van der Waals surface area contributed by atoms with Gasteiger partial charge in [-0.1, -0.05) is 0 Å². The van der Waals surface area contributed by atoms with E-state index in [1.54, 1.807) is 11.1 Å². The van der Waals surface area contributed by atoms with Gasteiger partial charge >= 0.3 is 0 Å². The summed E-state index contributed by atoms with van der Waals surface area (Å²) in [5.74, 6) is 1.72. The Kier molecular flexibility index (Phi) is 3.29. The van der Waals surface area contributed by atoms with E-state index in [0.717, 1.165) is 11.5 Å². The fourth-order valence-electron chi connectivity index (χ4n) is 1.83. The number of aromatic nitrogens is 1. The second kappa shape index (κ2) is 4.70. The average molecular weight is 240 g/mol. The van der Waals surface area contributed by atoms with E-state index < -0.39 is 0 Å². The number of carbonyl (C=O) groups excluding carboxylic acids is 1. The molecule has 0 radical (unpaired) electrons. The largest absolute Gasteiger partial charge is 0.373 e. The van der Waals surface area contributed by atoms with Crippen LogP contribution in [-0.2, 0) is 4.79 Å². The SMILES string of the molecule is CNc1ccc(N2CC(CCl)CC2=O)cn1. The molecule has 1 N–H and O–H groups in total. The zero-order chi connectivity index (χ0) is 11.5. The maximum Gasteiger partial charge on any atom is 0.227 e. The number of nitrogens with zero attached hydrogens (tertiary/aromatic N) is 2. The number of amides is 1. The molecular weight excluding hydrogens is 226 g/mol. The highest BCUT2D eigenvalue weighted by atomic mass is 35.5. The summed E-state index contributed by atoms with van der Waals surface area (Å²) >= 11 is 5.77. The smallest absolute Gasteiger partial charge is 0.227 e. The summed E-state index contributed by atoms with van der Waals surface area (Å²) in [5, 5.41) is 2.94. The molecule has 16 heavy (non-hydrogen) atoms. The second-order valence-electron chi connectivity index (χ2n) is 3.88. The van der Waals surface area contributed by atoms with Gasteiger partial charge < -0.3 is 10.2 Å². The Hall–Kier alpha value is -1.29. The van der Waals surface area contributed by atoms with E-state index in [0.29, 0.717) is 18.8 Å². The number of carbonyl (C=O) groups is 1. The molecule has 1 atom stereocenters. The first-order valence-electron chi connectivity index (χ1n) is 5.24. The molecule has 1 aromatic rings. The van der Waals surface area contributed by atoms with Crippen molar-refractivity contribution < 1.29 is 4.79 Å². The number of halogens is 1. The van der Waals surface area contributed by atoms with E-state index in [2.05, 4.69) is 10.3 Å². The lowest BCUT2D eigenvalue weighted by Crippen LogP contribution is -2.24. The number of alkyl halides is 1. The Morgan fingerprint density at radius 1 is 1.62 bits per heavy atom. The third-order valence-electron chi connectivity index (χ3n) is 2.74. The first-order valence-corrected chi connectivity index (χ1v) is 5.78. The van der Waals surface area contributed by atoms with Gasteiger partial charge in [0, 0.05) is 25.9 Å². The number of nitrogens with one attached hydrogen (secondary N) is 1. The third kappa shape index (κ3) is 2.11. The molecule has 0 bridgehead atoms. The highest BCUT2D eigenvalue weighted by Crippen LogP contribution is 2.25. The lowest BCUT2D eigenvalue weighted by atomic mass is 10.1. The van der Waals surface area contributed by atoms with E-state index in [1.807, 2.05) is 19.2 Å². The van der Waals surface area contributed by atoms with E-state index in [4.69, 9.17) is 11.6 Å².